The van der Waals surface area contributed by atoms with Crippen molar-refractivity contribution in [2.75, 3.05) is 6.54 Å². The average molecular weight is 205 g/mol. The minimum Gasteiger partial charge on any atom is -0.308 e. The van der Waals surface area contributed by atoms with Crippen LogP contribution in [0, 0.1) is 5.92 Å². The fourth-order valence-electron chi connectivity index (χ4n) is 1.87. The Balaban J connectivity index is 1.91. The summed E-state index contributed by atoms with van der Waals surface area (Å²) >= 11 is 0. The van der Waals surface area contributed by atoms with E-state index in [4.69, 9.17) is 0 Å². The molecule has 0 saturated heterocycles. The molecule has 1 aliphatic carbocycles. The largest absolute Gasteiger partial charge is 0.308 e. The molecule has 1 aromatic rings. The van der Waals surface area contributed by atoms with Crippen LogP contribution in [-0.2, 0) is 0 Å². The summed E-state index contributed by atoms with van der Waals surface area (Å²) in [6.07, 6.45) is 8.98. The normalized spacial score (nSPS) is 17.7. The Morgan fingerprint density at radius 2 is 2.13 bits per heavy atom. The van der Waals surface area contributed by atoms with Gasteiger partial charge in [-0.1, -0.05) is 19.8 Å². The Kier molecular flexibility index (Phi) is 3.67. The van der Waals surface area contributed by atoms with Crippen LogP contribution in [0.5, 0.6) is 0 Å². The molecule has 82 valence electrons. The first-order chi connectivity index (χ1) is 7.40. The second kappa shape index (κ2) is 5.21. The lowest BCUT2D eigenvalue weighted by molar-refractivity contribution is 0.461. The van der Waals surface area contributed by atoms with Crippen molar-refractivity contribution >= 4 is 0 Å². The molecular weight excluding hydrogens is 186 g/mol. The summed E-state index contributed by atoms with van der Waals surface area (Å²) in [5.41, 5.74) is 0. The van der Waals surface area contributed by atoms with Gasteiger partial charge < -0.3 is 5.32 Å². The molecule has 1 heterocycles. The van der Waals surface area contributed by atoms with E-state index in [2.05, 4.69) is 22.2 Å². The smallest absolute Gasteiger partial charge is 0.145 e. The lowest BCUT2D eigenvalue weighted by Gasteiger charge is -2.15. The number of nitrogens with one attached hydrogen (secondary N) is 1. The first kappa shape index (κ1) is 10.6. The maximum absolute atomic E-state index is 4.32. The maximum atomic E-state index is 4.32. The van der Waals surface area contributed by atoms with Crippen molar-refractivity contribution < 1.29 is 0 Å². The van der Waals surface area contributed by atoms with Crippen molar-refractivity contribution in [1.29, 1.82) is 0 Å². The van der Waals surface area contributed by atoms with Gasteiger partial charge >= 0.3 is 0 Å². The molecule has 3 nitrogen and oxygen atoms in total. The molecule has 1 fully saturated rings. The SMILES string of the molecule is CCNC(CCC1CC1)c1ncccn1. The van der Waals surface area contributed by atoms with Crippen molar-refractivity contribution in [3.8, 4) is 0 Å². The van der Waals surface area contributed by atoms with Crippen molar-refractivity contribution in [3.05, 3.63) is 24.3 Å². The van der Waals surface area contributed by atoms with E-state index in [9.17, 15) is 0 Å². The van der Waals surface area contributed by atoms with Gasteiger partial charge in [0.15, 0.2) is 0 Å². The highest BCUT2D eigenvalue weighted by atomic mass is 15.0. The summed E-state index contributed by atoms with van der Waals surface area (Å²) < 4.78 is 0. The van der Waals surface area contributed by atoms with Gasteiger partial charge in [-0.2, -0.15) is 0 Å². The van der Waals surface area contributed by atoms with Crippen LogP contribution in [0.15, 0.2) is 18.5 Å². The Morgan fingerprint density at radius 3 is 2.73 bits per heavy atom. The summed E-state index contributed by atoms with van der Waals surface area (Å²) in [4.78, 5) is 8.64. The Hall–Kier alpha value is -0.960. The van der Waals surface area contributed by atoms with E-state index in [-0.39, 0.29) is 0 Å². The molecule has 3 heteroatoms. The average Bonchev–Trinajstić information content (AvgIpc) is 3.09. The van der Waals surface area contributed by atoms with Gasteiger partial charge in [0.25, 0.3) is 0 Å². The third kappa shape index (κ3) is 3.27. The van der Waals surface area contributed by atoms with E-state index in [1.807, 2.05) is 18.5 Å². The predicted octanol–water partition coefficient (Wildman–Crippen LogP) is 2.32. The van der Waals surface area contributed by atoms with Gasteiger partial charge in [-0.15, -0.1) is 0 Å². The van der Waals surface area contributed by atoms with Gasteiger partial charge in [-0.25, -0.2) is 9.97 Å². The molecule has 0 aromatic carbocycles. The number of hydrogen-bond donors (Lipinski definition) is 1. The van der Waals surface area contributed by atoms with Crippen molar-refractivity contribution in [1.82, 2.24) is 15.3 Å². The molecule has 0 aliphatic heterocycles. The second-order valence-corrected chi connectivity index (χ2v) is 4.24. The van der Waals surface area contributed by atoms with E-state index in [0.717, 1.165) is 18.3 Å². The van der Waals surface area contributed by atoms with Crippen LogP contribution in [0.2, 0.25) is 0 Å². The molecular formula is C12H19N3. The lowest BCUT2D eigenvalue weighted by atomic mass is 10.1. The minimum atomic E-state index is 0.344. The van der Waals surface area contributed by atoms with Crippen LogP contribution >= 0.6 is 0 Å². The van der Waals surface area contributed by atoms with Crippen LogP contribution in [-0.4, -0.2) is 16.5 Å². The maximum Gasteiger partial charge on any atom is 0.145 e. The van der Waals surface area contributed by atoms with Crippen LogP contribution in [0.4, 0.5) is 0 Å². The van der Waals surface area contributed by atoms with Gasteiger partial charge in [0.2, 0.25) is 0 Å². The second-order valence-electron chi connectivity index (χ2n) is 4.24. The fourth-order valence-corrected chi connectivity index (χ4v) is 1.87. The first-order valence-corrected chi connectivity index (χ1v) is 5.90. The number of aromatic nitrogens is 2. The Morgan fingerprint density at radius 1 is 1.40 bits per heavy atom. The third-order valence-electron chi connectivity index (χ3n) is 2.91. The third-order valence-corrected chi connectivity index (χ3v) is 2.91. The topological polar surface area (TPSA) is 37.8 Å². The summed E-state index contributed by atoms with van der Waals surface area (Å²) in [5.74, 6) is 1.93. The van der Waals surface area contributed by atoms with E-state index in [1.165, 1.54) is 25.7 Å². The van der Waals surface area contributed by atoms with Gasteiger partial charge in [-0.05, 0) is 31.4 Å². The summed E-state index contributed by atoms with van der Waals surface area (Å²) in [6.45, 7) is 3.11. The molecule has 2 rings (SSSR count). The molecule has 1 atom stereocenters. The summed E-state index contributed by atoms with van der Waals surface area (Å²) in [7, 11) is 0. The number of hydrogen-bond acceptors (Lipinski definition) is 3. The molecule has 1 saturated carbocycles. The quantitative estimate of drug-likeness (QED) is 0.774. The zero-order valence-electron chi connectivity index (χ0n) is 9.32. The van der Waals surface area contributed by atoms with Gasteiger partial charge in [-0.3, -0.25) is 0 Å². The lowest BCUT2D eigenvalue weighted by Crippen LogP contribution is -2.23. The number of nitrogens with zero attached hydrogens (tertiary/aromatic N) is 2. The van der Waals surface area contributed by atoms with Crippen LogP contribution < -0.4 is 5.32 Å². The van der Waals surface area contributed by atoms with Crippen LogP contribution in [0.25, 0.3) is 0 Å². The Labute approximate surface area is 91.3 Å². The standard InChI is InChI=1S/C12H19N3/c1-2-13-11(7-6-10-4-5-10)12-14-8-3-9-15-12/h3,8-11,13H,2,4-7H2,1H3. The Bertz CT molecular complexity index is 282. The molecule has 15 heavy (non-hydrogen) atoms. The molecule has 0 radical (unpaired) electrons. The van der Waals surface area contributed by atoms with Gasteiger partial charge in [0.05, 0.1) is 6.04 Å². The molecule has 1 N–H and O–H groups in total. The zero-order chi connectivity index (χ0) is 10.5. The predicted molar refractivity (Wildman–Crippen MR) is 60.4 cm³/mol. The highest BCUT2D eigenvalue weighted by Gasteiger charge is 2.23. The minimum absolute atomic E-state index is 0.344. The fraction of sp³-hybridized carbons (Fsp3) is 0.667. The van der Waals surface area contributed by atoms with Crippen molar-refractivity contribution in [2.24, 2.45) is 5.92 Å². The van der Waals surface area contributed by atoms with Crippen LogP contribution in [0.3, 0.4) is 0 Å². The molecule has 1 aliphatic rings. The summed E-state index contributed by atoms with van der Waals surface area (Å²) in [6, 6.07) is 2.21. The van der Waals surface area contributed by atoms with Gasteiger partial charge in [0, 0.05) is 12.4 Å². The number of rotatable bonds is 6. The first-order valence-electron chi connectivity index (χ1n) is 5.90. The summed E-state index contributed by atoms with van der Waals surface area (Å²) in [5, 5.41) is 3.46. The van der Waals surface area contributed by atoms with E-state index in [1.54, 1.807) is 0 Å². The highest BCUT2D eigenvalue weighted by Crippen LogP contribution is 2.35. The van der Waals surface area contributed by atoms with Crippen LogP contribution in [0.1, 0.15) is 44.5 Å². The van der Waals surface area contributed by atoms with E-state index in [0.29, 0.717) is 6.04 Å². The molecule has 1 aromatic heterocycles. The van der Waals surface area contributed by atoms with E-state index < -0.39 is 0 Å². The highest BCUT2D eigenvalue weighted by molar-refractivity contribution is 4.96. The van der Waals surface area contributed by atoms with Gasteiger partial charge in [0.1, 0.15) is 5.82 Å². The van der Waals surface area contributed by atoms with E-state index >= 15 is 0 Å². The monoisotopic (exact) mass is 205 g/mol. The molecule has 0 bridgehead atoms. The molecule has 1 unspecified atom stereocenters. The zero-order valence-corrected chi connectivity index (χ0v) is 9.32. The molecule has 0 amide bonds. The van der Waals surface area contributed by atoms with Crippen molar-refractivity contribution in [2.45, 2.75) is 38.6 Å². The van der Waals surface area contributed by atoms with Crippen molar-refractivity contribution in [3.63, 3.8) is 0 Å². The molecule has 0 spiro atoms.